The quantitative estimate of drug-likeness (QED) is 0.774. The number of fused-ring (bicyclic) bond motifs is 2. The largest absolute Gasteiger partial charge is 0.340 e. The molecule has 2 heterocycles. The Labute approximate surface area is 130 Å². The van der Waals surface area contributed by atoms with E-state index < -0.39 is 0 Å². The van der Waals surface area contributed by atoms with Crippen molar-refractivity contribution in [3.05, 3.63) is 45.8 Å². The zero-order valence-corrected chi connectivity index (χ0v) is 13.2. The maximum Gasteiger partial charge on any atom is 0.254 e. The third-order valence-electron chi connectivity index (χ3n) is 3.87. The lowest BCUT2D eigenvalue weighted by Crippen LogP contribution is -2.07. The first-order chi connectivity index (χ1) is 10.2. The molecule has 0 unspecified atom stereocenters. The number of benzene rings is 1. The van der Waals surface area contributed by atoms with Crippen molar-refractivity contribution >= 4 is 33.2 Å². The number of nitrogens with one attached hydrogen (secondary N) is 1. The van der Waals surface area contributed by atoms with E-state index in [0.29, 0.717) is 5.78 Å². The van der Waals surface area contributed by atoms with Crippen molar-refractivity contribution in [3.63, 3.8) is 0 Å². The Balaban J connectivity index is 1.85. The summed E-state index contributed by atoms with van der Waals surface area (Å²) in [5.41, 5.74) is 4.65. The third kappa shape index (κ3) is 2.10. The molecule has 1 aliphatic carbocycles. The molecular weight excluding hydrogens is 330 g/mol. The van der Waals surface area contributed by atoms with Crippen molar-refractivity contribution in [3.8, 4) is 0 Å². The van der Waals surface area contributed by atoms with Gasteiger partial charge in [-0.2, -0.15) is 14.6 Å². The van der Waals surface area contributed by atoms with Gasteiger partial charge in [0.05, 0.1) is 5.69 Å². The number of aryl methyl sites for hydroxylation is 2. The Hall–Kier alpha value is -1.95. The fraction of sp³-hybridized carbons (Fsp3) is 0.267. The maximum atomic E-state index is 4.59. The van der Waals surface area contributed by atoms with E-state index in [9.17, 15) is 0 Å². The van der Waals surface area contributed by atoms with Gasteiger partial charge >= 0.3 is 0 Å². The van der Waals surface area contributed by atoms with Crippen molar-refractivity contribution in [2.24, 2.45) is 0 Å². The number of halogens is 1. The predicted octanol–water partition coefficient (Wildman–Crippen LogP) is 3.43. The minimum Gasteiger partial charge on any atom is -0.340 e. The number of nitrogens with zero attached hydrogens (tertiary/aromatic N) is 4. The van der Waals surface area contributed by atoms with E-state index >= 15 is 0 Å². The van der Waals surface area contributed by atoms with Crippen molar-refractivity contribution in [2.45, 2.75) is 26.2 Å². The number of anilines is 2. The molecule has 1 aliphatic rings. The molecule has 0 aliphatic heterocycles. The molecule has 6 heteroatoms. The zero-order valence-electron chi connectivity index (χ0n) is 11.6. The number of hydrogen-bond donors (Lipinski definition) is 1. The first-order valence-corrected chi connectivity index (χ1v) is 7.76. The SMILES string of the molecule is Cc1cc(Nc2c3c(nc4ncnn24)CCC3)ccc1Br. The van der Waals surface area contributed by atoms with Crippen LogP contribution in [-0.4, -0.2) is 19.6 Å². The molecule has 0 radical (unpaired) electrons. The van der Waals surface area contributed by atoms with Crippen LogP contribution in [0.3, 0.4) is 0 Å². The van der Waals surface area contributed by atoms with Crippen LogP contribution in [0.4, 0.5) is 11.5 Å². The summed E-state index contributed by atoms with van der Waals surface area (Å²) in [7, 11) is 0. The van der Waals surface area contributed by atoms with Crippen LogP contribution in [0.15, 0.2) is 29.0 Å². The van der Waals surface area contributed by atoms with E-state index in [-0.39, 0.29) is 0 Å². The molecule has 5 nitrogen and oxygen atoms in total. The topological polar surface area (TPSA) is 55.1 Å². The van der Waals surface area contributed by atoms with Crippen LogP contribution in [0, 0.1) is 6.92 Å². The van der Waals surface area contributed by atoms with Crippen LogP contribution in [0.1, 0.15) is 23.2 Å². The standard InChI is InChI=1S/C15H14BrN5/c1-9-7-10(5-6-12(9)16)19-14-11-3-2-4-13(11)20-15-17-8-18-21(14)15/h5-8,19H,2-4H2,1H3. The molecule has 2 aromatic heterocycles. The van der Waals surface area contributed by atoms with Crippen molar-refractivity contribution in [1.82, 2.24) is 19.6 Å². The van der Waals surface area contributed by atoms with E-state index in [2.05, 4.69) is 61.4 Å². The molecule has 0 bridgehead atoms. The summed E-state index contributed by atoms with van der Waals surface area (Å²) in [6.45, 7) is 2.08. The van der Waals surface area contributed by atoms with Gasteiger partial charge in [-0.05, 0) is 49.9 Å². The van der Waals surface area contributed by atoms with Gasteiger partial charge in [0.25, 0.3) is 5.78 Å². The van der Waals surface area contributed by atoms with Crippen LogP contribution < -0.4 is 5.32 Å². The zero-order chi connectivity index (χ0) is 14.4. The molecule has 0 amide bonds. The normalized spacial score (nSPS) is 13.6. The second kappa shape index (κ2) is 4.80. The van der Waals surface area contributed by atoms with E-state index in [1.165, 1.54) is 11.1 Å². The highest BCUT2D eigenvalue weighted by Gasteiger charge is 2.21. The van der Waals surface area contributed by atoms with Gasteiger partial charge in [0.2, 0.25) is 0 Å². The van der Waals surface area contributed by atoms with Crippen molar-refractivity contribution < 1.29 is 0 Å². The Kier molecular flexibility index (Phi) is 2.92. The fourth-order valence-electron chi connectivity index (χ4n) is 2.81. The number of hydrogen-bond acceptors (Lipinski definition) is 4. The summed E-state index contributed by atoms with van der Waals surface area (Å²) in [6.07, 6.45) is 4.75. The van der Waals surface area contributed by atoms with Gasteiger partial charge in [-0.25, -0.2) is 4.98 Å². The molecule has 0 saturated heterocycles. The summed E-state index contributed by atoms with van der Waals surface area (Å²) >= 11 is 3.53. The Morgan fingerprint density at radius 2 is 2.19 bits per heavy atom. The third-order valence-corrected chi connectivity index (χ3v) is 4.76. The molecule has 1 N–H and O–H groups in total. The van der Waals surface area contributed by atoms with Crippen LogP contribution in [-0.2, 0) is 12.8 Å². The minimum absolute atomic E-state index is 0.659. The second-order valence-electron chi connectivity index (χ2n) is 5.30. The molecule has 0 saturated carbocycles. The van der Waals surface area contributed by atoms with Gasteiger partial charge < -0.3 is 5.32 Å². The minimum atomic E-state index is 0.659. The highest BCUT2D eigenvalue weighted by molar-refractivity contribution is 9.10. The van der Waals surface area contributed by atoms with Gasteiger partial charge in [0.1, 0.15) is 12.1 Å². The highest BCUT2D eigenvalue weighted by Crippen LogP contribution is 2.30. The Bertz CT molecular complexity index is 839. The van der Waals surface area contributed by atoms with Gasteiger partial charge in [-0.1, -0.05) is 15.9 Å². The number of aromatic nitrogens is 4. The molecular formula is C15H14BrN5. The maximum absolute atomic E-state index is 4.59. The first kappa shape index (κ1) is 12.8. The summed E-state index contributed by atoms with van der Waals surface area (Å²) in [4.78, 5) is 8.81. The van der Waals surface area contributed by atoms with Gasteiger partial charge in [0, 0.05) is 15.7 Å². The van der Waals surface area contributed by atoms with E-state index in [1.807, 2.05) is 0 Å². The molecule has 0 spiro atoms. The van der Waals surface area contributed by atoms with E-state index in [0.717, 1.165) is 40.9 Å². The first-order valence-electron chi connectivity index (χ1n) is 6.97. The Morgan fingerprint density at radius 3 is 3.05 bits per heavy atom. The monoisotopic (exact) mass is 343 g/mol. The van der Waals surface area contributed by atoms with Gasteiger partial charge in [-0.3, -0.25) is 0 Å². The molecule has 1 aromatic carbocycles. The van der Waals surface area contributed by atoms with Crippen LogP contribution in [0.2, 0.25) is 0 Å². The van der Waals surface area contributed by atoms with Crippen molar-refractivity contribution in [1.29, 1.82) is 0 Å². The molecule has 0 atom stereocenters. The van der Waals surface area contributed by atoms with E-state index in [1.54, 1.807) is 10.8 Å². The smallest absolute Gasteiger partial charge is 0.254 e. The van der Waals surface area contributed by atoms with Crippen LogP contribution in [0.5, 0.6) is 0 Å². The second-order valence-corrected chi connectivity index (χ2v) is 6.15. The number of rotatable bonds is 2. The predicted molar refractivity (Wildman–Crippen MR) is 85.0 cm³/mol. The fourth-order valence-corrected chi connectivity index (χ4v) is 3.06. The van der Waals surface area contributed by atoms with Crippen LogP contribution >= 0.6 is 15.9 Å². The average molecular weight is 344 g/mol. The van der Waals surface area contributed by atoms with Gasteiger partial charge in [-0.15, -0.1) is 0 Å². The lowest BCUT2D eigenvalue weighted by molar-refractivity contribution is 0.900. The Morgan fingerprint density at radius 1 is 1.29 bits per heavy atom. The highest BCUT2D eigenvalue weighted by atomic mass is 79.9. The molecule has 4 rings (SSSR count). The molecule has 3 aromatic rings. The van der Waals surface area contributed by atoms with Crippen LogP contribution in [0.25, 0.3) is 5.78 Å². The van der Waals surface area contributed by atoms with Crippen molar-refractivity contribution in [2.75, 3.05) is 5.32 Å². The summed E-state index contributed by atoms with van der Waals surface area (Å²) in [6, 6.07) is 6.23. The van der Waals surface area contributed by atoms with Gasteiger partial charge in [0.15, 0.2) is 0 Å². The molecule has 21 heavy (non-hydrogen) atoms. The summed E-state index contributed by atoms with van der Waals surface area (Å²) in [5.74, 6) is 1.65. The lowest BCUT2D eigenvalue weighted by atomic mass is 10.2. The summed E-state index contributed by atoms with van der Waals surface area (Å²) in [5, 5.41) is 7.80. The lowest BCUT2D eigenvalue weighted by Gasteiger charge is -2.13. The molecule has 0 fully saturated rings. The molecule has 106 valence electrons. The van der Waals surface area contributed by atoms with E-state index in [4.69, 9.17) is 0 Å². The average Bonchev–Trinajstić information content (AvgIpc) is 3.11. The summed E-state index contributed by atoms with van der Waals surface area (Å²) < 4.78 is 2.90.